The molecule has 11 N–H and O–H groups in total. The molecule has 4 atom stereocenters. The lowest BCUT2D eigenvalue weighted by atomic mass is 10.1. The molecule has 1 rings (SSSR count). The van der Waals surface area contributed by atoms with Crippen LogP contribution in [0.5, 0.6) is 0 Å². The van der Waals surface area contributed by atoms with Crippen LogP contribution in [-0.4, -0.2) is 88.6 Å². The van der Waals surface area contributed by atoms with Gasteiger partial charge in [0.2, 0.25) is 23.6 Å². The van der Waals surface area contributed by atoms with Crippen LogP contribution in [0.3, 0.4) is 0 Å². The van der Waals surface area contributed by atoms with Crippen LogP contribution in [0.25, 0.3) is 0 Å². The first-order valence-corrected chi connectivity index (χ1v) is 11.4. The Morgan fingerprint density at radius 1 is 1.09 bits per heavy atom. The summed E-state index contributed by atoms with van der Waals surface area (Å²) in [5.41, 5.74) is 21.4. The van der Waals surface area contributed by atoms with Gasteiger partial charge in [-0.15, -0.1) is 0 Å². The summed E-state index contributed by atoms with van der Waals surface area (Å²) in [6, 6.07) is -4.18. The van der Waals surface area contributed by atoms with Crippen molar-refractivity contribution in [1.82, 2.24) is 15.5 Å². The van der Waals surface area contributed by atoms with Crippen molar-refractivity contribution in [3.8, 4) is 0 Å². The predicted octanol–water partition coefficient (Wildman–Crippen LogP) is -3.39. The van der Waals surface area contributed by atoms with E-state index in [4.69, 9.17) is 22.9 Å². The largest absolute Gasteiger partial charge is 0.480 e. The highest BCUT2D eigenvalue weighted by atomic mass is 32.1. The van der Waals surface area contributed by atoms with Crippen molar-refractivity contribution in [3.05, 3.63) is 0 Å². The highest BCUT2D eigenvalue weighted by Crippen LogP contribution is 2.19. The second-order valence-corrected chi connectivity index (χ2v) is 8.26. The van der Waals surface area contributed by atoms with Gasteiger partial charge in [-0.05, 0) is 32.1 Å². The van der Waals surface area contributed by atoms with Crippen molar-refractivity contribution >= 4 is 48.2 Å². The standard InChI is InChI=1S/C19H34N8O6S/c20-10(5-6-14(21)28)17(31)27-8-2-4-13(27)16(30)26-12(9-34)15(29)25-11(18(32)33)3-1-7-24-19(22)23/h10-13,34H,1-9,20H2,(H2,21,28)(H,25,29)(H,26,30)(H,32,33)(H4,22,23,24). The number of nitrogens with zero attached hydrogens (tertiary/aromatic N) is 2. The van der Waals surface area contributed by atoms with Gasteiger partial charge >= 0.3 is 5.97 Å². The quantitative estimate of drug-likeness (QED) is 0.0509. The third kappa shape index (κ3) is 9.43. The highest BCUT2D eigenvalue weighted by Gasteiger charge is 2.37. The van der Waals surface area contributed by atoms with Crippen LogP contribution in [0.2, 0.25) is 0 Å². The Kier molecular flexibility index (Phi) is 12.1. The molecule has 14 nitrogen and oxygen atoms in total. The number of guanidine groups is 1. The monoisotopic (exact) mass is 502 g/mol. The van der Waals surface area contributed by atoms with E-state index in [2.05, 4.69) is 28.3 Å². The summed E-state index contributed by atoms with van der Waals surface area (Å²) in [7, 11) is 0. The second-order valence-electron chi connectivity index (χ2n) is 7.89. The number of carbonyl (C=O) groups is 5. The number of aliphatic carboxylic acids is 1. The van der Waals surface area contributed by atoms with Gasteiger partial charge in [-0.25, -0.2) is 4.79 Å². The summed E-state index contributed by atoms with van der Waals surface area (Å²) in [5, 5.41) is 14.3. The maximum atomic E-state index is 12.8. The van der Waals surface area contributed by atoms with Gasteiger partial charge in [-0.3, -0.25) is 24.2 Å². The number of thiol groups is 1. The number of nitrogens with one attached hydrogen (secondary N) is 2. The molecule has 15 heteroatoms. The third-order valence-corrected chi connectivity index (χ3v) is 5.60. The number of carboxylic acid groups (broad SMARTS) is 1. The fourth-order valence-corrected chi connectivity index (χ4v) is 3.69. The molecule has 4 unspecified atom stereocenters. The SMILES string of the molecule is NC(=O)CCC(N)C(=O)N1CCCC1C(=O)NC(CS)C(=O)NC(CCCN=C(N)N)C(=O)O. The van der Waals surface area contributed by atoms with Crippen LogP contribution in [0, 0.1) is 0 Å². The van der Waals surface area contributed by atoms with Crippen molar-refractivity contribution < 1.29 is 29.1 Å². The number of primary amides is 1. The second kappa shape index (κ2) is 14.2. The number of hydrogen-bond acceptors (Lipinski definition) is 8. The zero-order valence-corrected chi connectivity index (χ0v) is 19.7. The van der Waals surface area contributed by atoms with Gasteiger partial charge in [0.15, 0.2) is 5.96 Å². The number of carbonyl (C=O) groups excluding carboxylic acids is 4. The summed E-state index contributed by atoms with van der Waals surface area (Å²) >= 11 is 4.08. The minimum Gasteiger partial charge on any atom is -0.480 e. The molecule has 34 heavy (non-hydrogen) atoms. The van der Waals surface area contributed by atoms with E-state index in [1.165, 1.54) is 4.90 Å². The maximum Gasteiger partial charge on any atom is 0.326 e. The summed E-state index contributed by atoms with van der Waals surface area (Å²) in [6.45, 7) is 0.498. The number of hydrogen-bond donors (Lipinski definition) is 8. The molecule has 1 aliphatic rings. The van der Waals surface area contributed by atoms with E-state index in [1.807, 2.05) is 0 Å². The van der Waals surface area contributed by atoms with E-state index in [1.54, 1.807) is 0 Å². The third-order valence-electron chi connectivity index (χ3n) is 5.23. The van der Waals surface area contributed by atoms with E-state index >= 15 is 0 Å². The molecule has 1 fully saturated rings. The molecule has 0 aromatic rings. The predicted molar refractivity (Wildman–Crippen MR) is 126 cm³/mol. The summed E-state index contributed by atoms with van der Waals surface area (Å²) < 4.78 is 0. The maximum absolute atomic E-state index is 12.8. The Morgan fingerprint density at radius 2 is 1.76 bits per heavy atom. The van der Waals surface area contributed by atoms with E-state index < -0.39 is 53.8 Å². The molecule has 0 radical (unpaired) electrons. The van der Waals surface area contributed by atoms with Gasteiger partial charge in [0.05, 0.1) is 6.04 Å². The fourth-order valence-electron chi connectivity index (χ4n) is 3.43. The lowest BCUT2D eigenvalue weighted by Crippen LogP contribution is -2.57. The molecule has 0 spiro atoms. The average Bonchev–Trinajstić information content (AvgIpc) is 3.26. The topological polar surface area (TPSA) is 249 Å². The first kappa shape index (κ1) is 29.0. The van der Waals surface area contributed by atoms with Crippen LogP contribution >= 0.6 is 12.6 Å². The molecule has 192 valence electrons. The molecule has 0 bridgehead atoms. The number of nitrogens with two attached hydrogens (primary N) is 4. The van der Waals surface area contributed by atoms with Crippen LogP contribution in [0.15, 0.2) is 4.99 Å². The first-order chi connectivity index (χ1) is 16.0. The molecule has 4 amide bonds. The van der Waals surface area contributed by atoms with Crippen molar-refractivity contribution in [2.45, 2.75) is 62.7 Å². The average molecular weight is 503 g/mol. The van der Waals surface area contributed by atoms with Crippen LogP contribution in [0.4, 0.5) is 0 Å². The van der Waals surface area contributed by atoms with Gasteiger partial charge in [-0.2, -0.15) is 12.6 Å². The van der Waals surface area contributed by atoms with E-state index in [-0.39, 0.29) is 37.5 Å². The summed E-state index contributed by atoms with van der Waals surface area (Å²) in [6.07, 6.45) is 1.29. The molecule has 0 saturated carbocycles. The normalized spacial score (nSPS) is 17.8. The van der Waals surface area contributed by atoms with Crippen molar-refractivity contribution in [2.24, 2.45) is 27.9 Å². The van der Waals surface area contributed by atoms with E-state index in [0.717, 1.165) is 0 Å². The Labute approximate surface area is 202 Å². The Balaban J connectivity index is 2.73. The first-order valence-electron chi connectivity index (χ1n) is 10.8. The van der Waals surface area contributed by atoms with Crippen LogP contribution in [0.1, 0.15) is 38.5 Å². The molecule has 1 saturated heterocycles. The van der Waals surface area contributed by atoms with Crippen molar-refractivity contribution in [1.29, 1.82) is 0 Å². The molecule has 0 aliphatic carbocycles. The minimum absolute atomic E-state index is 0.0560. The zero-order chi connectivity index (χ0) is 25.8. The van der Waals surface area contributed by atoms with E-state index in [9.17, 15) is 29.1 Å². The summed E-state index contributed by atoms with van der Waals surface area (Å²) in [4.78, 5) is 65.6. The Hall–Kier alpha value is -3.07. The lowest BCUT2D eigenvalue weighted by Gasteiger charge is -2.28. The Bertz CT molecular complexity index is 791. The number of amides is 4. The van der Waals surface area contributed by atoms with Crippen molar-refractivity contribution in [3.63, 3.8) is 0 Å². The summed E-state index contributed by atoms with van der Waals surface area (Å²) in [5.74, 6) is -3.86. The molecule has 0 aromatic carbocycles. The molecule has 1 aliphatic heterocycles. The molecular formula is C19H34N8O6S. The smallest absolute Gasteiger partial charge is 0.326 e. The van der Waals surface area contributed by atoms with Gasteiger partial charge in [0.25, 0.3) is 0 Å². The molecule has 0 aromatic heterocycles. The van der Waals surface area contributed by atoms with Gasteiger partial charge in [0.1, 0.15) is 18.1 Å². The fraction of sp³-hybridized carbons (Fsp3) is 0.684. The highest BCUT2D eigenvalue weighted by molar-refractivity contribution is 7.80. The minimum atomic E-state index is -1.25. The van der Waals surface area contributed by atoms with Gasteiger partial charge in [0, 0.05) is 25.3 Å². The molecular weight excluding hydrogens is 468 g/mol. The van der Waals surface area contributed by atoms with Gasteiger partial charge < -0.3 is 43.6 Å². The molecule has 1 heterocycles. The zero-order valence-electron chi connectivity index (χ0n) is 18.8. The number of likely N-dealkylation sites (tertiary alicyclic amines) is 1. The number of carboxylic acids is 1. The van der Waals surface area contributed by atoms with Crippen LogP contribution < -0.4 is 33.6 Å². The number of rotatable bonds is 14. The van der Waals surface area contributed by atoms with Crippen LogP contribution in [-0.2, 0) is 24.0 Å². The lowest BCUT2D eigenvalue weighted by molar-refractivity contribution is -0.143. The van der Waals surface area contributed by atoms with Crippen molar-refractivity contribution in [2.75, 3.05) is 18.8 Å². The Morgan fingerprint density at radius 3 is 2.32 bits per heavy atom. The number of aliphatic imine (C=N–C) groups is 1. The van der Waals surface area contributed by atoms with E-state index in [0.29, 0.717) is 25.8 Å². The van der Waals surface area contributed by atoms with Gasteiger partial charge in [-0.1, -0.05) is 0 Å².